The molecule has 6 heteroatoms. The standard InChI is InChI=1S/C24H26N2O4/c1-16-7-5-6-10-20(18-11-12-21-22(13-18)30-15-29-21)26-24(28)19(14-23(27)25-16)17-8-3-2-4-9-17/h2-6,8-9,11-13,16,19-20H,7,10,14-15H2,1H3,(H,25,27)(H,26,28)/b6-5-/t16-,19+,20+/m0/s1. The third-order valence-corrected chi connectivity index (χ3v) is 5.46. The molecule has 2 heterocycles. The molecule has 0 aliphatic carbocycles. The molecule has 2 aromatic rings. The topological polar surface area (TPSA) is 76.7 Å². The van der Waals surface area contributed by atoms with Gasteiger partial charge in [-0.25, -0.2) is 0 Å². The third-order valence-electron chi connectivity index (χ3n) is 5.46. The van der Waals surface area contributed by atoms with Gasteiger partial charge >= 0.3 is 0 Å². The Labute approximate surface area is 176 Å². The maximum absolute atomic E-state index is 13.3. The van der Waals surface area contributed by atoms with E-state index in [1.165, 1.54) is 0 Å². The average Bonchev–Trinajstić information content (AvgIpc) is 3.21. The maximum atomic E-state index is 13.3. The van der Waals surface area contributed by atoms with E-state index >= 15 is 0 Å². The van der Waals surface area contributed by atoms with Crippen molar-refractivity contribution >= 4 is 11.8 Å². The number of carbonyl (C=O) groups excluding carboxylic acids is 2. The zero-order valence-electron chi connectivity index (χ0n) is 17.0. The van der Waals surface area contributed by atoms with Crippen LogP contribution in [0.15, 0.2) is 60.7 Å². The van der Waals surface area contributed by atoms with Gasteiger partial charge in [0.05, 0.1) is 12.0 Å². The van der Waals surface area contributed by atoms with Crippen LogP contribution in [0.25, 0.3) is 0 Å². The lowest BCUT2D eigenvalue weighted by Gasteiger charge is -2.24. The number of hydrogen-bond acceptors (Lipinski definition) is 4. The summed E-state index contributed by atoms with van der Waals surface area (Å²) in [5.74, 6) is 0.546. The lowest BCUT2D eigenvalue weighted by molar-refractivity contribution is -0.128. The maximum Gasteiger partial charge on any atom is 0.231 e. The molecule has 2 amide bonds. The van der Waals surface area contributed by atoms with E-state index in [-0.39, 0.29) is 37.1 Å². The van der Waals surface area contributed by atoms with Crippen molar-refractivity contribution in [2.24, 2.45) is 0 Å². The molecule has 0 aromatic heterocycles. The predicted molar refractivity (Wildman–Crippen MR) is 113 cm³/mol. The van der Waals surface area contributed by atoms with Crippen LogP contribution >= 0.6 is 0 Å². The molecule has 0 fully saturated rings. The summed E-state index contributed by atoms with van der Waals surface area (Å²) in [5.41, 5.74) is 1.77. The Morgan fingerprint density at radius 2 is 1.63 bits per heavy atom. The van der Waals surface area contributed by atoms with E-state index in [0.717, 1.165) is 17.5 Å². The second kappa shape index (κ2) is 9.03. The fraction of sp³-hybridized carbons (Fsp3) is 0.333. The molecule has 0 bridgehead atoms. The van der Waals surface area contributed by atoms with Gasteiger partial charge in [0.2, 0.25) is 18.6 Å². The summed E-state index contributed by atoms with van der Waals surface area (Å²) in [5, 5.41) is 6.14. The molecule has 156 valence electrons. The van der Waals surface area contributed by atoms with Gasteiger partial charge in [-0.05, 0) is 43.0 Å². The van der Waals surface area contributed by atoms with E-state index in [9.17, 15) is 9.59 Å². The van der Waals surface area contributed by atoms with Crippen molar-refractivity contribution in [3.05, 3.63) is 71.8 Å². The normalized spacial score (nSPS) is 25.4. The minimum Gasteiger partial charge on any atom is -0.454 e. The zero-order chi connectivity index (χ0) is 20.9. The van der Waals surface area contributed by atoms with Crippen molar-refractivity contribution < 1.29 is 19.1 Å². The van der Waals surface area contributed by atoms with Crippen molar-refractivity contribution in [1.29, 1.82) is 0 Å². The van der Waals surface area contributed by atoms with Gasteiger partial charge in [0.25, 0.3) is 0 Å². The zero-order valence-corrected chi connectivity index (χ0v) is 17.0. The molecule has 2 aliphatic heterocycles. The molecule has 2 N–H and O–H groups in total. The van der Waals surface area contributed by atoms with Gasteiger partial charge in [-0.1, -0.05) is 48.6 Å². The first-order valence-electron chi connectivity index (χ1n) is 10.3. The van der Waals surface area contributed by atoms with E-state index in [0.29, 0.717) is 17.9 Å². The quantitative estimate of drug-likeness (QED) is 0.747. The van der Waals surface area contributed by atoms with Crippen LogP contribution in [0, 0.1) is 0 Å². The smallest absolute Gasteiger partial charge is 0.231 e. The number of carbonyl (C=O) groups is 2. The van der Waals surface area contributed by atoms with E-state index in [1.54, 1.807) is 0 Å². The second-order valence-corrected chi connectivity index (χ2v) is 7.75. The highest BCUT2D eigenvalue weighted by Crippen LogP contribution is 2.35. The molecule has 0 saturated carbocycles. The molecule has 0 spiro atoms. The Balaban J connectivity index is 1.65. The minimum atomic E-state index is -0.557. The summed E-state index contributed by atoms with van der Waals surface area (Å²) in [6.45, 7) is 2.18. The number of rotatable bonds is 2. The average molecular weight is 406 g/mol. The molecule has 30 heavy (non-hydrogen) atoms. The SMILES string of the molecule is C[C@H]1C/C=C\C[C@H](c2ccc3c(c2)OCO3)NC(=O)[C@@H](c2ccccc2)CC(=O)N1. The summed E-state index contributed by atoms with van der Waals surface area (Å²) in [6, 6.07) is 15.0. The lowest BCUT2D eigenvalue weighted by atomic mass is 9.92. The Bertz CT molecular complexity index is 941. The predicted octanol–water partition coefficient (Wildman–Crippen LogP) is 3.60. The van der Waals surface area contributed by atoms with E-state index < -0.39 is 5.92 Å². The Morgan fingerprint density at radius 3 is 2.47 bits per heavy atom. The van der Waals surface area contributed by atoms with Crippen LogP contribution in [0.5, 0.6) is 11.5 Å². The molecule has 4 rings (SSSR count). The number of hydrogen-bond donors (Lipinski definition) is 2. The molecular weight excluding hydrogens is 380 g/mol. The summed E-state index contributed by atoms with van der Waals surface area (Å²) in [7, 11) is 0. The number of benzene rings is 2. The third kappa shape index (κ3) is 4.64. The molecule has 0 radical (unpaired) electrons. The minimum absolute atomic E-state index is 0.0108. The Hall–Kier alpha value is -3.28. The highest BCUT2D eigenvalue weighted by Gasteiger charge is 2.27. The van der Waals surface area contributed by atoms with Gasteiger partial charge in [-0.15, -0.1) is 0 Å². The van der Waals surface area contributed by atoms with Crippen molar-refractivity contribution in [2.45, 2.75) is 44.2 Å². The Kier molecular flexibility index (Phi) is 6.02. The monoisotopic (exact) mass is 406 g/mol. The molecule has 3 atom stereocenters. The molecule has 2 aliphatic rings. The summed E-state index contributed by atoms with van der Waals surface area (Å²) < 4.78 is 10.9. The van der Waals surface area contributed by atoms with Crippen LogP contribution in [0.3, 0.4) is 0 Å². The van der Waals surface area contributed by atoms with Crippen LogP contribution in [-0.2, 0) is 9.59 Å². The molecular formula is C24H26N2O4. The van der Waals surface area contributed by atoms with Crippen LogP contribution in [-0.4, -0.2) is 24.6 Å². The van der Waals surface area contributed by atoms with E-state index in [4.69, 9.17) is 9.47 Å². The van der Waals surface area contributed by atoms with Crippen molar-refractivity contribution in [1.82, 2.24) is 10.6 Å². The van der Waals surface area contributed by atoms with Gasteiger partial charge in [-0.3, -0.25) is 9.59 Å². The first kappa shape index (κ1) is 20.0. The molecule has 0 unspecified atom stereocenters. The summed E-state index contributed by atoms with van der Waals surface area (Å²) in [4.78, 5) is 25.9. The molecule has 0 saturated heterocycles. The second-order valence-electron chi connectivity index (χ2n) is 7.75. The number of fused-ring (bicyclic) bond motifs is 1. The summed E-state index contributed by atoms with van der Waals surface area (Å²) >= 11 is 0. The van der Waals surface area contributed by atoms with Crippen molar-refractivity contribution in [3.63, 3.8) is 0 Å². The molecule has 6 nitrogen and oxygen atoms in total. The van der Waals surface area contributed by atoms with Crippen molar-refractivity contribution in [3.8, 4) is 11.5 Å². The number of amides is 2. The first-order chi connectivity index (χ1) is 14.6. The first-order valence-corrected chi connectivity index (χ1v) is 10.3. The highest BCUT2D eigenvalue weighted by molar-refractivity contribution is 5.90. The number of nitrogens with one attached hydrogen (secondary N) is 2. The highest BCUT2D eigenvalue weighted by atomic mass is 16.7. The van der Waals surface area contributed by atoms with Gasteiger partial charge < -0.3 is 20.1 Å². The number of ether oxygens (including phenoxy) is 2. The van der Waals surface area contributed by atoms with E-state index in [1.807, 2.05) is 61.5 Å². The van der Waals surface area contributed by atoms with Gasteiger partial charge in [-0.2, -0.15) is 0 Å². The van der Waals surface area contributed by atoms with Crippen LogP contribution in [0.4, 0.5) is 0 Å². The fourth-order valence-corrected chi connectivity index (χ4v) is 3.84. The van der Waals surface area contributed by atoms with Crippen LogP contribution < -0.4 is 20.1 Å². The van der Waals surface area contributed by atoms with E-state index in [2.05, 4.69) is 16.7 Å². The van der Waals surface area contributed by atoms with Gasteiger partial charge in [0.15, 0.2) is 11.5 Å². The lowest BCUT2D eigenvalue weighted by Crippen LogP contribution is -2.38. The Morgan fingerprint density at radius 1 is 0.867 bits per heavy atom. The van der Waals surface area contributed by atoms with Crippen LogP contribution in [0.2, 0.25) is 0 Å². The van der Waals surface area contributed by atoms with Crippen molar-refractivity contribution in [2.75, 3.05) is 6.79 Å². The van der Waals surface area contributed by atoms with Gasteiger partial charge in [0, 0.05) is 12.5 Å². The summed E-state index contributed by atoms with van der Waals surface area (Å²) in [6.07, 6.45) is 5.60. The fourth-order valence-electron chi connectivity index (χ4n) is 3.84. The largest absolute Gasteiger partial charge is 0.454 e. The molecule has 2 aromatic carbocycles. The van der Waals surface area contributed by atoms with Crippen LogP contribution in [0.1, 0.15) is 49.3 Å². The van der Waals surface area contributed by atoms with Gasteiger partial charge in [0.1, 0.15) is 0 Å².